The molecular formula is C21H17N5O3S. The Bertz CT molecular complexity index is 1290. The summed E-state index contributed by atoms with van der Waals surface area (Å²) in [5, 5.41) is 4.64. The van der Waals surface area contributed by atoms with Crippen molar-refractivity contribution < 1.29 is 13.2 Å². The first-order valence-electron chi connectivity index (χ1n) is 8.88. The van der Waals surface area contributed by atoms with Gasteiger partial charge in [0, 0.05) is 16.5 Å². The molecule has 0 spiro atoms. The maximum absolute atomic E-state index is 11.7. The molecule has 0 unspecified atom stereocenters. The molecule has 0 saturated carbocycles. The Morgan fingerprint density at radius 1 is 0.933 bits per heavy atom. The minimum absolute atomic E-state index is 0.145. The standard InChI is InChI=1S/C21H17N5O3S/c1-2-30(27,28)26-20-12-18-19(13-22-20)23-14-24-21(18)25-15-8-10-17(11-9-15)29-16-6-4-3-5-7-16/h2-14H,1H2,(H,22,26)(H,23,24,25). The summed E-state index contributed by atoms with van der Waals surface area (Å²) in [6.07, 6.45) is 2.88. The second-order valence-electron chi connectivity index (χ2n) is 6.19. The van der Waals surface area contributed by atoms with Gasteiger partial charge in [-0.3, -0.25) is 4.72 Å². The molecule has 2 heterocycles. The van der Waals surface area contributed by atoms with Crippen LogP contribution in [0.15, 0.2) is 85.2 Å². The van der Waals surface area contributed by atoms with Gasteiger partial charge in [0.05, 0.1) is 11.7 Å². The number of pyridine rings is 1. The molecule has 0 aliphatic rings. The van der Waals surface area contributed by atoms with Crippen molar-refractivity contribution >= 4 is 38.2 Å². The lowest BCUT2D eigenvalue weighted by atomic mass is 10.2. The predicted molar refractivity (Wildman–Crippen MR) is 116 cm³/mol. The molecule has 4 rings (SSSR count). The average Bonchev–Trinajstić information content (AvgIpc) is 2.76. The Labute approximate surface area is 173 Å². The highest BCUT2D eigenvalue weighted by molar-refractivity contribution is 7.95. The van der Waals surface area contributed by atoms with Crippen LogP contribution in [0.4, 0.5) is 17.3 Å². The maximum Gasteiger partial charge on any atom is 0.255 e. The summed E-state index contributed by atoms with van der Waals surface area (Å²) in [5.74, 6) is 2.11. The van der Waals surface area contributed by atoms with Crippen molar-refractivity contribution in [2.45, 2.75) is 0 Å². The average molecular weight is 419 g/mol. The van der Waals surface area contributed by atoms with Crippen molar-refractivity contribution in [1.82, 2.24) is 15.0 Å². The van der Waals surface area contributed by atoms with Crippen LogP contribution in [0.2, 0.25) is 0 Å². The summed E-state index contributed by atoms with van der Waals surface area (Å²) in [5.41, 5.74) is 1.35. The van der Waals surface area contributed by atoms with Crippen LogP contribution >= 0.6 is 0 Å². The highest BCUT2D eigenvalue weighted by Gasteiger charge is 2.10. The summed E-state index contributed by atoms with van der Waals surface area (Å²) in [6.45, 7) is 3.27. The molecule has 8 nitrogen and oxygen atoms in total. The van der Waals surface area contributed by atoms with Crippen molar-refractivity contribution in [2.24, 2.45) is 0 Å². The molecule has 0 atom stereocenters. The number of anilines is 3. The van der Waals surface area contributed by atoms with E-state index in [4.69, 9.17) is 4.74 Å². The number of nitrogens with one attached hydrogen (secondary N) is 2. The molecule has 2 aromatic heterocycles. The van der Waals surface area contributed by atoms with Gasteiger partial charge in [-0.1, -0.05) is 24.8 Å². The molecule has 0 radical (unpaired) electrons. The van der Waals surface area contributed by atoms with Crippen LogP contribution in [0.25, 0.3) is 10.9 Å². The lowest BCUT2D eigenvalue weighted by molar-refractivity contribution is 0.483. The first-order valence-corrected chi connectivity index (χ1v) is 10.4. The van der Waals surface area contributed by atoms with Crippen LogP contribution in [-0.2, 0) is 10.0 Å². The number of hydrogen-bond acceptors (Lipinski definition) is 7. The second-order valence-corrected chi connectivity index (χ2v) is 7.81. The Kier molecular flexibility index (Phi) is 5.27. The Morgan fingerprint density at radius 3 is 2.40 bits per heavy atom. The van der Waals surface area contributed by atoms with E-state index in [1.165, 1.54) is 12.5 Å². The molecule has 150 valence electrons. The normalized spacial score (nSPS) is 11.1. The first-order chi connectivity index (χ1) is 14.5. The number of sulfonamides is 1. The van der Waals surface area contributed by atoms with Crippen LogP contribution in [0.1, 0.15) is 0 Å². The lowest BCUT2D eigenvalue weighted by Crippen LogP contribution is -2.09. The predicted octanol–water partition coefficient (Wildman–Crippen LogP) is 4.45. The first kappa shape index (κ1) is 19.3. The molecule has 30 heavy (non-hydrogen) atoms. The number of rotatable bonds is 7. The number of hydrogen-bond donors (Lipinski definition) is 2. The van der Waals surface area contributed by atoms with Crippen molar-refractivity contribution in [2.75, 3.05) is 10.0 Å². The van der Waals surface area contributed by atoms with Crippen molar-refractivity contribution in [1.29, 1.82) is 0 Å². The quantitative estimate of drug-likeness (QED) is 0.456. The van der Waals surface area contributed by atoms with Crippen LogP contribution in [-0.4, -0.2) is 23.4 Å². The lowest BCUT2D eigenvalue weighted by Gasteiger charge is -2.11. The fraction of sp³-hybridized carbons (Fsp3) is 0. The van der Waals surface area contributed by atoms with Gasteiger partial charge in [-0.25, -0.2) is 23.4 Å². The number of ether oxygens (including phenoxy) is 1. The van der Waals surface area contributed by atoms with Crippen LogP contribution in [0.5, 0.6) is 11.5 Å². The molecule has 4 aromatic rings. The van der Waals surface area contributed by atoms with Crippen molar-refractivity contribution in [3.8, 4) is 11.5 Å². The van der Waals surface area contributed by atoms with E-state index < -0.39 is 10.0 Å². The summed E-state index contributed by atoms with van der Waals surface area (Å²) >= 11 is 0. The molecule has 0 aliphatic heterocycles. The van der Waals surface area contributed by atoms with Gasteiger partial charge in [0.15, 0.2) is 0 Å². The molecule has 0 fully saturated rings. The van der Waals surface area contributed by atoms with Gasteiger partial charge in [0.2, 0.25) is 0 Å². The number of benzene rings is 2. The van der Waals surface area contributed by atoms with E-state index >= 15 is 0 Å². The van der Waals surface area contributed by atoms with Crippen molar-refractivity contribution in [3.63, 3.8) is 0 Å². The fourth-order valence-electron chi connectivity index (χ4n) is 2.67. The highest BCUT2D eigenvalue weighted by Crippen LogP contribution is 2.27. The Balaban J connectivity index is 1.57. The molecular weight excluding hydrogens is 402 g/mol. The monoisotopic (exact) mass is 419 g/mol. The number of para-hydroxylation sites is 1. The van der Waals surface area contributed by atoms with Gasteiger partial charge < -0.3 is 10.1 Å². The van der Waals surface area contributed by atoms with Gasteiger partial charge >= 0.3 is 0 Å². The number of nitrogens with zero attached hydrogens (tertiary/aromatic N) is 3. The molecule has 0 bridgehead atoms. The van der Waals surface area contributed by atoms with E-state index in [0.29, 0.717) is 22.5 Å². The van der Waals surface area contributed by atoms with E-state index in [0.717, 1.165) is 16.8 Å². The Morgan fingerprint density at radius 2 is 1.67 bits per heavy atom. The zero-order chi connectivity index (χ0) is 21.0. The largest absolute Gasteiger partial charge is 0.457 e. The van der Waals surface area contributed by atoms with Gasteiger partial charge in [-0.2, -0.15) is 0 Å². The minimum Gasteiger partial charge on any atom is -0.457 e. The van der Waals surface area contributed by atoms with E-state index in [1.807, 2.05) is 54.6 Å². The van der Waals surface area contributed by atoms with Crippen LogP contribution in [0, 0.1) is 0 Å². The van der Waals surface area contributed by atoms with E-state index in [9.17, 15) is 8.42 Å². The Hall–Kier alpha value is -3.98. The molecule has 2 N–H and O–H groups in total. The second kappa shape index (κ2) is 8.18. The molecule has 0 saturated heterocycles. The SMILES string of the molecule is C=CS(=O)(=O)Nc1cc2c(Nc3ccc(Oc4ccccc4)cc3)ncnc2cn1. The summed E-state index contributed by atoms with van der Waals surface area (Å²) in [6, 6.07) is 18.4. The van der Waals surface area contributed by atoms with Gasteiger partial charge in [-0.05, 0) is 42.5 Å². The smallest absolute Gasteiger partial charge is 0.255 e. The van der Waals surface area contributed by atoms with Crippen LogP contribution < -0.4 is 14.8 Å². The van der Waals surface area contributed by atoms with Gasteiger partial charge in [-0.15, -0.1) is 0 Å². The third kappa shape index (κ3) is 4.53. The van der Waals surface area contributed by atoms with E-state index in [1.54, 1.807) is 6.07 Å². The van der Waals surface area contributed by atoms with Crippen molar-refractivity contribution in [3.05, 3.63) is 85.2 Å². The third-order valence-electron chi connectivity index (χ3n) is 4.08. The summed E-state index contributed by atoms with van der Waals surface area (Å²) in [4.78, 5) is 12.5. The summed E-state index contributed by atoms with van der Waals surface area (Å²) < 4.78 is 31.5. The zero-order valence-electron chi connectivity index (χ0n) is 15.7. The number of aromatic nitrogens is 3. The fourth-order valence-corrected chi connectivity index (χ4v) is 3.16. The zero-order valence-corrected chi connectivity index (χ0v) is 16.5. The van der Waals surface area contributed by atoms with E-state index in [-0.39, 0.29) is 5.82 Å². The molecule has 0 aliphatic carbocycles. The van der Waals surface area contributed by atoms with Crippen LogP contribution in [0.3, 0.4) is 0 Å². The van der Waals surface area contributed by atoms with Gasteiger partial charge in [0.1, 0.15) is 29.5 Å². The molecule has 2 aromatic carbocycles. The number of fused-ring (bicyclic) bond motifs is 1. The van der Waals surface area contributed by atoms with Gasteiger partial charge in [0.25, 0.3) is 10.0 Å². The third-order valence-corrected chi connectivity index (χ3v) is 5.02. The summed E-state index contributed by atoms with van der Waals surface area (Å²) in [7, 11) is -3.67. The molecule has 0 amide bonds. The topological polar surface area (TPSA) is 106 Å². The molecule has 9 heteroatoms. The maximum atomic E-state index is 11.7. The highest BCUT2D eigenvalue weighted by atomic mass is 32.2. The minimum atomic E-state index is -3.67. The van der Waals surface area contributed by atoms with E-state index in [2.05, 4.69) is 31.6 Å².